The Balaban J connectivity index is 2.38. The molecule has 0 spiro atoms. The summed E-state index contributed by atoms with van der Waals surface area (Å²) in [5.41, 5.74) is 1.07. The van der Waals surface area contributed by atoms with Gasteiger partial charge in [0.1, 0.15) is 5.01 Å². The van der Waals surface area contributed by atoms with Gasteiger partial charge in [0.2, 0.25) is 0 Å². The number of thiazole rings is 1. The molecule has 1 atom stereocenters. The fraction of sp³-hybridized carbons (Fsp3) is 0.333. The predicted octanol–water partition coefficient (Wildman–Crippen LogP) is 2.92. The maximum absolute atomic E-state index is 5.15. The smallest absolute Gasteiger partial charge is 0.177 e. The maximum Gasteiger partial charge on any atom is 0.177 e. The van der Waals surface area contributed by atoms with Gasteiger partial charge in [0.25, 0.3) is 0 Å². The van der Waals surface area contributed by atoms with Gasteiger partial charge in [-0.25, -0.2) is 4.98 Å². The van der Waals surface area contributed by atoms with Gasteiger partial charge in [-0.15, -0.1) is 11.3 Å². The number of nitrogens with one attached hydrogen (secondary N) is 1. The summed E-state index contributed by atoms with van der Waals surface area (Å²) in [6.45, 7) is 4.10. The lowest BCUT2D eigenvalue weighted by atomic mass is 10.3. The molecule has 0 amide bonds. The van der Waals surface area contributed by atoms with Crippen molar-refractivity contribution >= 4 is 23.6 Å². The number of aromatic nitrogens is 3. The Bertz CT molecular complexity index is 480. The zero-order valence-electron chi connectivity index (χ0n) is 8.02. The molecule has 0 aromatic carbocycles. The number of imidazole rings is 1. The van der Waals surface area contributed by atoms with Crippen LogP contribution < -0.4 is 0 Å². The van der Waals surface area contributed by atoms with Gasteiger partial charge < -0.3 is 9.55 Å². The Labute approximate surface area is 91.4 Å². The zero-order chi connectivity index (χ0) is 10.1. The number of rotatable bonds is 2. The van der Waals surface area contributed by atoms with Crippen LogP contribution in [0.1, 0.15) is 23.7 Å². The average molecular weight is 225 g/mol. The fourth-order valence-corrected chi connectivity index (χ4v) is 2.46. The molecule has 0 aliphatic rings. The monoisotopic (exact) mass is 225 g/mol. The number of aryl methyl sites for hydroxylation is 1. The summed E-state index contributed by atoms with van der Waals surface area (Å²) in [6, 6.07) is 0.215. The molecule has 2 aromatic rings. The Morgan fingerprint density at radius 2 is 2.43 bits per heavy atom. The quantitative estimate of drug-likeness (QED) is 0.797. The van der Waals surface area contributed by atoms with Gasteiger partial charge in [-0.1, -0.05) is 0 Å². The summed E-state index contributed by atoms with van der Waals surface area (Å²) in [7, 11) is 0. The number of aromatic amines is 1. The van der Waals surface area contributed by atoms with E-state index in [0.717, 1.165) is 15.5 Å². The molecule has 0 aliphatic heterocycles. The normalized spacial score (nSPS) is 13.0. The van der Waals surface area contributed by atoms with Gasteiger partial charge in [-0.3, -0.25) is 0 Å². The van der Waals surface area contributed by atoms with E-state index in [9.17, 15) is 0 Å². The molecule has 74 valence electrons. The van der Waals surface area contributed by atoms with Gasteiger partial charge >= 0.3 is 0 Å². The number of hydrogen-bond acceptors (Lipinski definition) is 3. The van der Waals surface area contributed by atoms with E-state index in [1.54, 1.807) is 11.3 Å². The molecule has 0 aliphatic carbocycles. The zero-order valence-corrected chi connectivity index (χ0v) is 9.65. The van der Waals surface area contributed by atoms with E-state index < -0.39 is 0 Å². The van der Waals surface area contributed by atoms with Crippen LogP contribution in [-0.2, 0) is 0 Å². The molecule has 1 N–H and O–H groups in total. The summed E-state index contributed by atoms with van der Waals surface area (Å²) < 4.78 is 2.75. The van der Waals surface area contributed by atoms with E-state index in [1.165, 1.54) is 0 Å². The van der Waals surface area contributed by atoms with Crippen LogP contribution in [0.25, 0.3) is 0 Å². The van der Waals surface area contributed by atoms with Crippen molar-refractivity contribution in [1.82, 2.24) is 14.5 Å². The van der Waals surface area contributed by atoms with Gasteiger partial charge in [-0.2, -0.15) is 0 Å². The summed E-state index contributed by atoms with van der Waals surface area (Å²) >= 11 is 6.83. The summed E-state index contributed by atoms with van der Waals surface area (Å²) in [5, 5.41) is 3.15. The van der Waals surface area contributed by atoms with Crippen molar-refractivity contribution in [1.29, 1.82) is 0 Å². The van der Waals surface area contributed by atoms with Gasteiger partial charge in [-0.05, 0) is 26.1 Å². The van der Waals surface area contributed by atoms with Crippen LogP contribution in [0.2, 0.25) is 0 Å². The molecule has 3 nitrogen and oxygen atoms in total. The van der Waals surface area contributed by atoms with Crippen molar-refractivity contribution in [2.24, 2.45) is 0 Å². The second-order valence-corrected chi connectivity index (χ2v) is 4.45. The molecule has 14 heavy (non-hydrogen) atoms. The van der Waals surface area contributed by atoms with Crippen LogP contribution in [0.15, 0.2) is 17.8 Å². The van der Waals surface area contributed by atoms with E-state index >= 15 is 0 Å². The fourth-order valence-electron chi connectivity index (χ4n) is 1.32. The number of H-pyrrole nitrogens is 1. The second kappa shape index (κ2) is 3.67. The molecule has 5 heteroatoms. The van der Waals surface area contributed by atoms with Crippen molar-refractivity contribution in [2.75, 3.05) is 0 Å². The minimum absolute atomic E-state index is 0.215. The maximum atomic E-state index is 5.15. The largest absolute Gasteiger partial charge is 0.337 e. The first-order valence-corrected chi connectivity index (χ1v) is 5.65. The Kier molecular flexibility index (Phi) is 2.52. The van der Waals surface area contributed by atoms with E-state index in [4.69, 9.17) is 12.2 Å². The van der Waals surface area contributed by atoms with Crippen LogP contribution in [0.4, 0.5) is 0 Å². The Morgan fingerprint density at radius 3 is 2.93 bits per heavy atom. The second-order valence-electron chi connectivity index (χ2n) is 3.18. The molecule has 0 saturated heterocycles. The van der Waals surface area contributed by atoms with Gasteiger partial charge in [0.05, 0.1) is 6.04 Å². The Morgan fingerprint density at radius 1 is 1.64 bits per heavy atom. The van der Waals surface area contributed by atoms with Crippen LogP contribution in [0.5, 0.6) is 0 Å². The topological polar surface area (TPSA) is 33.6 Å². The Hall–Kier alpha value is -0.940. The minimum atomic E-state index is 0.215. The highest BCUT2D eigenvalue weighted by atomic mass is 32.1. The number of hydrogen-bond donors (Lipinski definition) is 1. The highest BCUT2D eigenvalue weighted by molar-refractivity contribution is 7.71. The van der Waals surface area contributed by atoms with Gasteiger partial charge in [0, 0.05) is 23.5 Å². The van der Waals surface area contributed by atoms with Crippen molar-refractivity contribution < 1.29 is 0 Å². The molecule has 2 aromatic heterocycles. The van der Waals surface area contributed by atoms with Crippen LogP contribution in [0.3, 0.4) is 0 Å². The molecule has 2 rings (SSSR count). The highest BCUT2D eigenvalue weighted by Crippen LogP contribution is 2.21. The van der Waals surface area contributed by atoms with Crippen molar-refractivity contribution in [2.45, 2.75) is 19.9 Å². The van der Waals surface area contributed by atoms with Crippen molar-refractivity contribution in [3.8, 4) is 0 Å². The van der Waals surface area contributed by atoms with E-state index in [0.29, 0.717) is 0 Å². The van der Waals surface area contributed by atoms with E-state index in [2.05, 4.69) is 22.3 Å². The molecule has 0 bridgehead atoms. The van der Waals surface area contributed by atoms with E-state index in [1.807, 2.05) is 23.9 Å². The highest BCUT2D eigenvalue weighted by Gasteiger charge is 2.11. The van der Waals surface area contributed by atoms with Crippen LogP contribution >= 0.6 is 23.6 Å². The lowest BCUT2D eigenvalue weighted by Gasteiger charge is -2.09. The predicted molar refractivity (Wildman–Crippen MR) is 60.3 cm³/mol. The minimum Gasteiger partial charge on any atom is -0.337 e. The lowest BCUT2D eigenvalue weighted by Crippen LogP contribution is -2.05. The molecular formula is C9H11N3S2. The van der Waals surface area contributed by atoms with Crippen molar-refractivity contribution in [3.63, 3.8) is 0 Å². The summed E-state index contributed by atoms with van der Waals surface area (Å²) in [5.74, 6) is 0. The third kappa shape index (κ3) is 1.65. The summed E-state index contributed by atoms with van der Waals surface area (Å²) in [4.78, 5) is 7.43. The molecule has 1 unspecified atom stereocenters. The van der Waals surface area contributed by atoms with Gasteiger partial charge in [0.15, 0.2) is 4.77 Å². The van der Waals surface area contributed by atoms with Crippen LogP contribution in [-0.4, -0.2) is 14.5 Å². The molecule has 2 heterocycles. The van der Waals surface area contributed by atoms with Crippen molar-refractivity contribution in [3.05, 3.63) is 33.2 Å². The molecular weight excluding hydrogens is 214 g/mol. The third-order valence-corrected chi connectivity index (χ3v) is 3.55. The van der Waals surface area contributed by atoms with Crippen LogP contribution in [0, 0.1) is 11.7 Å². The first-order chi connectivity index (χ1) is 6.68. The summed E-state index contributed by atoms with van der Waals surface area (Å²) in [6.07, 6.45) is 3.79. The average Bonchev–Trinajstić information content (AvgIpc) is 2.73. The molecule has 0 saturated carbocycles. The molecule has 0 fully saturated rings. The van der Waals surface area contributed by atoms with E-state index in [-0.39, 0.29) is 6.04 Å². The lowest BCUT2D eigenvalue weighted by molar-refractivity contribution is 0.625. The number of nitrogens with zero attached hydrogens (tertiary/aromatic N) is 2. The standard InChI is InChI=1S/C9H11N3S2/c1-6-5-14-8(11-6)7(2)12-4-3-10-9(12)13/h3-5,7H,1-2H3,(H,10,13). The first kappa shape index (κ1) is 9.61. The SMILES string of the molecule is Cc1csc(C(C)n2cc[nH]c2=S)n1. The first-order valence-electron chi connectivity index (χ1n) is 4.36. The third-order valence-electron chi connectivity index (χ3n) is 2.09. The molecule has 0 radical (unpaired) electrons.